The fraction of sp³-hybridized carbons (Fsp3) is 0.632. The number of halogens is 2. The number of hydrogen-bond donors (Lipinski definition) is 2. The van der Waals surface area contributed by atoms with E-state index >= 15 is 0 Å². The molecule has 1 aromatic carbocycles. The second-order valence-electron chi connectivity index (χ2n) is 6.21. The van der Waals surface area contributed by atoms with Gasteiger partial charge in [0.25, 0.3) is 0 Å². The summed E-state index contributed by atoms with van der Waals surface area (Å²) in [5, 5.41) is 6.53. The van der Waals surface area contributed by atoms with E-state index in [2.05, 4.69) is 31.6 Å². The molecule has 1 aromatic rings. The summed E-state index contributed by atoms with van der Waals surface area (Å²) in [6, 6.07) is 7.82. The number of aliphatic imine (C=N–C) groups is 1. The van der Waals surface area contributed by atoms with E-state index in [9.17, 15) is 0 Å². The number of guanidine groups is 1. The first-order valence-electron chi connectivity index (χ1n) is 9.26. The Morgan fingerprint density at radius 1 is 1.15 bits per heavy atom. The molecule has 6 nitrogen and oxygen atoms in total. The van der Waals surface area contributed by atoms with E-state index in [0.717, 1.165) is 68.4 Å². The van der Waals surface area contributed by atoms with Gasteiger partial charge in [0.05, 0.1) is 6.54 Å². The van der Waals surface area contributed by atoms with E-state index in [1.807, 2.05) is 24.3 Å². The summed E-state index contributed by atoms with van der Waals surface area (Å²) in [6.07, 6.45) is 3.20. The fourth-order valence-electron chi connectivity index (χ4n) is 2.63. The Balaban J connectivity index is 0.00000364. The molecule has 0 amide bonds. The van der Waals surface area contributed by atoms with E-state index in [-0.39, 0.29) is 24.0 Å². The third-order valence-corrected chi connectivity index (χ3v) is 4.68. The first kappa shape index (κ1) is 24.5. The zero-order valence-electron chi connectivity index (χ0n) is 15.9. The third-order valence-electron chi connectivity index (χ3n) is 4.15. The first-order valence-corrected chi connectivity index (χ1v) is 10.1. The minimum atomic E-state index is 0. The van der Waals surface area contributed by atoms with Gasteiger partial charge in [0.15, 0.2) is 5.96 Å². The highest BCUT2D eigenvalue weighted by atomic mass is 127. The number of hydrogen-bond acceptors (Lipinski definition) is 4. The van der Waals surface area contributed by atoms with Gasteiger partial charge in [0.1, 0.15) is 12.4 Å². The van der Waals surface area contributed by atoms with Crippen LogP contribution in [0.15, 0.2) is 33.7 Å². The Hall–Kier alpha value is -0.580. The maximum atomic E-state index is 5.77. The summed E-state index contributed by atoms with van der Waals surface area (Å²) in [5.41, 5.74) is 0. The van der Waals surface area contributed by atoms with Gasteiger partial charge in [-0.2, -0.15) is 0 Å². The Morgan fingerprint density at radius 2 is 1.85 bits per heavy atom. The topological polar surface area (TPSA) is 64.1 Å². The first-order chi connectivity index (χ1) is 12.8. The lowest BCUT2D eigenvalue weighted by molar-refractivity contribution is 0.0203. The van der Waals surface area contributed by atoms with Crippen LogP contribution in [0.1, 0.15) is 19.3 Å². The molecule has 0 unspecified atom stereocenters. The summed E-state index contributed by atoms with van der Waals surface area (Å²) in [6.45, 7) is 5.48. The molecular formula is C19H31BrIN3O3. The van der Waals surface area contributed by atoms with Crippen molar-refractivity contribution < 1.29 is 14.2 Å². The molecule has 0 spiro atoms. The molecule has 1 aliphatic heterocycles. The van der Waals surface area contributed by atoms with Crippen molar-refractivity contribution in [1.29, 1.82) is 0 Å². The van der Waals surface area contributed by atoms with Crippen LogP contribution in [0.25, 0.3) is 0 Å². The molecule has 2 rings (SSSR count). The van der Waals surface area contributed by atoms with Crippen LogP contribution in [-0.4, -0.2) is 59.1 Å². The van der Waals surface area contributed by atoms with Gasteiger partial charge < -0.3 is 24.8 Å². The van der Waals surface area contributed by atoms with Gasteiger partial charge in [-0.15, -0.1) is 24.0 Å². The Morgan fingerprint density at radius 3 is 2.56 bits per heavy atom. The minimum absolute atomic E-state index is 0. The lowest BCUT2D eigenvalue weighted by Crippen LogP contribution is -2.39. The van der Waals surface area contributed by atoms with Crippen molar-refractivity contribution in [2.75, 3.05) is 53.2 Å². The van der Waals surface area contributed by atoms with Crippen LogP contribution in [0, 0.1) is 5.92 Å². The monoisotopic (exact) mass is 555 g/mol. The van der Waals surface area contributed by atoms with Crippen LogP contribution in [0.3, 0.4) is 0 Å². The van der Waals surface area contributed by atoms with E-state index in [0.29, 0.717) is 19.1 Å². The Kier molecular flexibility index (Phi) is 13.9. The molecule has 154 valence electrons. The summed E-state index contributed by atoms with van der Waals surface area (Å²) >= 11 is 3.41. The second kappa shape index (κ2) is 15.4. The van der Waals surface area contributed by atoms with Gasteiger partial charge in [-0.25, -0.2) is 0 Å². The van der Waals surface area contributed by atoms with Gasteiger partial charge in [0.2, 0.25) is 0 Å². The smallest absolute Gasteiger partial charge is 0.191 e. The van der Waals surface area contributed by atoms with Gasteiger partial charge >= 0.3 is 0 Å². The average molecular weight is 556 g/mol. The molecule has 0 radical (unpaired) electrons. The zero-order chi connectivity index (χ0) is 18.5. The molecule has 0 saturated carbocycles. The van der Waals surface area contributed by atoms with Gasteiger partial charge in [-0.1, -0.05) is 15.9 Å². The van der Waals surface area contributed by atoms with Crippen molar-refractivity contribution >= 4 is 45.9 Å². The molecule has 0 aliphatic carbocycles. The summed E-state index contributed by atoms with van der Waals surface area (Å²) in [7, 11) is 1.77. The van der Waals surface area contributed by atoms with Crippen LogP contribution in [0.5, 0.6) is 5.75 Å². The van der Waals surface area contributed by atoms with E-state index < -0.39 is 0 Å². The predicted octanol–water partition coefficient (Wildman–Crippen LogP) is 3.44. The van der Waals surface area contributed by atoms with Gasteiger partial charge in [-0.05, 0) is 49.4 Å². The SMILES string of the molecule is CN=C(NCCCOCC1CCOCC1)NCCOc1ccc(Br)cc1.I. The quantitative estimate of drug-likeness (QED) is 0.200. The number of nitrogens with one attached hydrogen (secondary N) is 2. The normalized spacial score (nSPS) is 15.1. The van der Waals surface area contributed by atoms with Crippen molar-refractivity contribution in [2.45, 2.75) is 19.3 Å². The largest absolute Gasteiger partial charge is 0.492 e. The zero-order valence-corrected chi connectivity index (χ0v) is 19.8. The molecule has 0 atom stereocenters. The highest BCUT2D eigenvalue weighted by molar-refractivity contribution is 14.0. The van der Waals surface area contributed by atoms with Crippen molar-refractivity contribution in [3.05, 3.63) is 28.7 Å². The number of benzene rings is 1. The van der Waals surface area contributed by atoms with E-state index in [4.69, 9.17) is 14.2 Å². The summed E-state index contributed by atoms with van der Waals surface area (Å²) in [5.74, 6) is 2.31. The number of rotatable bonds is 10. The highest BCUT2D eigenvalue weighted by Gasteiger charge is 2.13. The minimum Gasteiger partial charge on any atom is -0.492 e. The van der Waals surface area contributed by atoms with Gasteiger partial charge in [-0.3, -0.25) is 4.99 Å². The molecule has 1 heterocycles. The molecule has 2 N–H and O–H groups in total. The maximum absolute atomic E-state index is 5.77. The maximum Gasteiger partial charge on any atom is 0.191 e. The number of nitrogens with zero attached hydrogens (tertiary/aromatic N) is 1. The summed E-state index contributed by atoms with van der Waals surface area (Å²) in [4.78, 5) is 4.21. The molecule has 1 saturated heterocycles. The lowest BCUT2D eigenvalue weighted by atomic mass is 10.0. The van der Waals surface area contributed by atoms with Crippen molar-refractivity contribution in [2.24, 2.45) is 10.9 Å². The van der Waals surface area contributed by atoms with Crippen LogP contribution in [0.4, 0.5) is 0 Å². The average Bonchev–Trinajstić information content (AvgIpc) is 2.68. The van der Waals surface area contributed by atoms with Crippen LogP contribution in [-0.2, 0) is 9.47 Å². The van der Waals surface area contributed by atoms with E-state index in [1.54, 1.807) is 7.05 Å². The van der Waals surface area contributed by atoms with Crippen LogP contribution in [0.2, 0.25) is 0 Å². The molecule has 0 aromatic heterocycles. The summed E-state index contributed by atoms with van der Waals surface area (Å²) < 4.78 is 17.8. The van der Waals surface area contributed by atoms with Crippen molar-refractivity contribution in [1.82, 2.24) is 10.6 Å². The fourth-order valence-corrected chi connectivity index (χ4v) is 2.90. The van der Waals surface area contributed by atoms with E-state index in [1.165, 1.54) is 0 Å². The van der Waals surface area contributed by atoms with Crippen LogP contribution >= 0.6 is 39.9 Å². The molecule has 1 fully saturated rings. The highest BCUT2D eigenvalue weighted by Crippen LogP contribution is 2.16. The Labute approximate surface area is 188 Å². The second-order valence-corrected chi connectivity index (χ2v) is 7.13. The van der Waals surface area contributed by atoms with Crippen LogP contribution < -0.4 is 15.4 Å². The number of ether oxygens (including phenoxy) is 3. The molecule has 1 aliphatic rings. The van der Waals surface area contributed by atoms with Crippen molar-refractivity contribution in [3.8, 4) is 5.75 Å². The molecule has 8 heteroatoms. The lowest BCUT2D eigenvalue weighted by Gasteiger charge is -2.21. The predicted molar refractivity (Wildman–Crippen MR) is 123 cm³/mol. The van der Waals surface area contributed by atoms with Crippen molar-refractivity contribution in [3.63, 3.8) is 0 Å². The molecular weight excluding hydrogens is 525 g/mol. The molecule has 27 heavy (non-hydrogen) atoms. The Bertz CT molecular complexity index is 525. The standard InChI is InChI=1S/C19H30BrN3O3.HI/c1-21-19(23-10-14-26-18-5-3-17(20)4-6-18)22-9-2-11-25-15-16-7-12-24-13-8-16;/h3-6,16H,2,7-15H2,1H3,(H2,21,22,23);1H. The molecule has 0 bridgehead atoms. The van der Waals surface area contributed by atoms with Gasteiger partial charge in [0, 0.05) is 44.5 Å². The third kappa shape index (κ3) is 11.1.